The van der Waals surface area contributed by atoms with Gasteiger partial charge in [0.05, 0.1) is 24.2 Å². The SMILES string of the molecule is CC(C)n1ncc2c(NC3CCOC3)nc(-c3cccc(OCC(O)CN)c3)nc21. The summed E-state index contributed by atoms with van der Waals surface area (Å²) < 4.78 is 13.1. The Kier molecular flexibility index (Phi) is 6.12. The van der Waals surface area contributed by atoms with Gasteiger partial charge in [0, 0.05) is 24.8 Å². The van der Waals surface area contributed by atoms with Crippen molar-refractivity contribution >= 4 is 16.9 Å². The lowest BCUT2D eigenvalue weighted by atomic mass is 10.2. The molecule has 4 N–H and O–H groups in total. The molecule has 30 heavy (non-hydrogen) atoms. The van der Waals surface area contributed by atoms with Crippen LogP contribution in [0.3, 0.4) is 0 Å². The number of nitrogens with one attached hydrogen (secondary N) is 1. The van der Waals surface area contributed by atoms with Gasteiger partial charge in [-0.1, -0.05) is 12.1 Å². The van der Waals surface area contributed by atoms with Crippen LogP contribution < -0.4 is 15.8 Å². The maximum Gasteiger partial charge on any atom is 0.164 e. The fourth-order valence-electron chi connectivity index (χ4n) is 3.37. The first-order valence-corrected chi connectivity index (χ1v) is 10.3. The minimum atomic E-state index is -0.703. The van der Waals surface area contributed by atoms with E-state index in [0.717, 1.165) is 35.4 Å². The number of hydrogen-bond donors (Lipinski definition) is 3. The van der Waals surface area contributed by atoms with Crippen molar-refractivity contribution in [3.05, 3.63) is 30.5 Å². The second-order valence-electron chi connectivity index (χ2n) is 7.75. The van der Waals surface area contributed by atoms with Crippen LogP contribution in [-0.2, 0) is 4.74 Å². The Hall–Kier alpha value is -2.75. The molecule has 1 aromatic carbocycles. The number of aliphatic hydroxyl groups is 1. The van der Waals surface area contributed by atoms with Gasteiger partial charge in [0.15, 0.2) is 11.5 Å². The first-order valence-electron chi connectivity index (χ1n) is 10.3. The van der Waals surface area contributed by atoms with E-state index in [1.165, 1.54) is 0 Å². The van der Waals surface area contributed by atoms with Crippen molar-refractivity contribution in [2.24, 2.45) is 5.73 Å². The Morgan fingerprint density at radius 3 is 2.97 bits per heavy atom. The van der Waals surface area contributed by atoms with Gasteiger partial charge in [0.1, 0.15) is 24.3 Å². The Morgan fingerprint density at radius 1 is 1.37 bits per heavy atom. The van der Waals surface area contributed by atoms with Crippen LogP contribution >= 0.6 is 0 Å². The van der Waals surface area contributed by atoms with Gasteiger partial charge in [0.2, 0.25) is 0 Å². The third-order valence-electron chi connectivity index (χ3n) is 5.02. The van der Waals surface area contributed by atoms with Gasteiger partial charge in [-0.05, 0) is 32.4 Å². The van der Waals surface area contributed by atoms with Crippen molar-refractivity contribution in [3.8, 4) is 17.1 Å². The number of nitrogens with two attached hydrogens (primary N) is 1. The smallest absolute Gasteiger partial charge is 0.164 e. The predicted octanol–water partition coefficient (Wildman–Crippen LogP) is 1.97. The van der Waals surface area contributed by atoms with E-state index in [4.69, 9.17) is 25.2 Å². The van der Waals surface area contributed by atoms with Gasteiger partial charge < -0.3 is 25.6 Å². The molecule has 2 aromatic heterocycles. The number of aliphatic hydroxyl groups excluding tert-OH is 1. The fourth-order valence-corrected chi connectivity index (χ4v) is 3.37. The molecule has 3 heterocycles. The zero-order chi connectivity index (χ0) is 21.1. The summed E-state index contributed by atoms with van der Waals surface area (Å²) in [6.07, 6.45) is 2.04. The molecule has 9 nitrogen and oxygen atoms in total. The largest absolute Gasteiger partial charge is 0.491 e. The lowest BCUT2D eigenvalue weighted by Crippen LogP contribution is -2.26. The molecule has 0 spiro atoms. The lowest BCUT2D eigenvalue weighted by Gasteiger charge is -2.15. The highest BCUT2D eigenvalue weighted by Gasteiger charge is 2.21. The first-order chi connectivity index (χ1) is 14.5. The summed E-state index contributed by atoms with van der Waals surface area (Å²) in [6, 6.07) is 7.89. The highest BCUT2D eigenvalue weighted by Crippen LogP contribution is 2.29. The van der Waals surface area contributed by atoms with E-state index in [-0.39, 0.29) is 25.2 Å². The van der Waals surface area contributed by atoms with Gasteiger partial charge in [-0.2, -0.15) is 5.10 Å². The second-order valence-corrected chi connectivity index (χ2v) is 7.75. The normalized spacial score (nSPS) is 17.6. The van der Waals surface area contributed by atoms with Gasteiger partial charge in [0.25, 0.3) is 0 Å². The van der Waals surface area contributed by atoms with Crippen molar-refractivity contribution in [1.82, 2.24) is 19.7 Å². The molecule has 9 heteroatoms. The van der Waals surface area contributed by atoms with Gasteiger partial charge >= 0.3 is 0 Å². The molecule has 0 amide bonds. The number of ether oxygens (including phenoxy) is 2. The quantitative estimate of drug-likeness (QED) is 0.514. The molecule has 0 aliphatic carbocycles. The fraction of sp³-hybridized carbons (Fsp3) is 0.476. The molecule has 0 bridgehead atoms. The van der Waals surface area contributed by atoms with E-state index in [2.05, 4.69) is 24.3 Å². The van der Waals surface area contributed by atoms with Crippen LogP contribution in [-0.4, -0.2) is 63.4 Å². The van der Waals surface area contributed by atoms with Crippen molar-refractivity contribution < 1.29 is 14.6 Å². The average molecular weight is 412 g/mol. The minimum absolute atomic E-state index is 0.133. The number of aromatic nitrogens is 4. The Balaban J connectivity index is 1.72. The third kappa shape index (κ3) is 4.38. The van der Waals surface area contributed by atoms with Crippen LogP contribution in [0.4, 0.5) is 5.82 Å². The molecule has 3 aromatic rings. The van der Waals surface area contributed by atoms with Gasteiger partial charge in [-0.3, -0.25) is 0 Å². The van der Waals surface area contributed by atoms with Gasteiger partial charge in [-0.15, -0.1) is 0 Å². The van der Waals surface area contributed by atoms with Crippen LogP contribution in [0.25, 0.3) is 22.4 Å². The first kappa shape index (κ1) is 20.5. The number of anilines is 1. The van der Waals surface area contributed by atoms with E-state index in [0.29, 0.717) is 18.2 Å². The molecule has 1 aliphatic rings. The number of benzene rings is 1. The monoisotopic (exact) mass is 412 g/mol. The summed E-state index contributed by atoms with van der Waals surface area (Å²) in [5.74, 6) is 1.96. The Bertz CT molecular complexity index is 1000. The van der Waals surface area contributed by atoms with Crippen molar-refractivity contribution in [2.45, 2.75) is 38.5 Å². The van der Waals surface area contributed by atoms with Crippen LogP contribution in [0.2, 0.25) is 0 Å². The van der Waals surface area contributed by atoms with E-state index < -0.39 is 6.10 Å². The molecule has 4 rings (SSSR count). The van der Waals surface area contributed by atoms with E-state index in [1.54, 1.807) is 0 Å². The summed E-state index contributed by atoms with van der Waals surface area (Å²) in [4.78, 5) is 9.61. The van der Waals surface area contributed by atoms with Crippen LogP contribution in [0.1, 0.15) is 26.3 Å². The molecule has 0 saturated carbocycles. The van der Waals surface area contributed by atoms with Crippen molar-refractivity contribution in [2.75, 3.05) is 31.7 Å². The number of rotatable bonds is 8. The van der Waals surface area contributed by atoms with Crippen LogP contribution in [0.15, 0.2) is 30.5 Å². The summed E-state index contributed by atoms with van der Waals surface area (Å²) in [6.45, 7) is 5.84. The van der Waals surface area contributed by atoms with E-state index in [1.807, 2.05) is 35.1 Å². The highest BCUT2D eigenvalue weighted by molar-refractivity contribution is 5.88. The molecular formula is C21H28N6O3. The van der Waals surface area contributed by atoms with E-state index >= 15 is 0 Å². The van der Waals surface area contributed by atoms with Crippen LogP contribution in [0, 0.1) is 0 Å². The lowest BCUT2D eigenvalue weighted by molar-refractivity contribution is 0.114. The topological polar surface area (TPSA) is 120 Å². The molecule has 0 radical (unpaired) electrons. The van der Waals surface area contributed by atoms with Crippen LogP contribution in [0.5, 0.6) is 5.75 Å². The minimum Gasteiger partial charge on any atom is -0.491 e. The zero-order valence-corrected chi connectivity index (χ0v) is 17.3. The zero-order valence-electron chi connectivity index (χ0n) is 17.3. The number of nitrogens with zero attached hydrogens (tertiary/aromatic N) is 4. The number of hydrogen-bond acceptors (Lipinski definition) is 8. The summed E-state index contributed by atoms with van der Waals surface area (Å²) in [5, 5.41) is 18.6. The number of fused-ring (bicyclic) bond motifs is 1. The summed E-state index contributed by atoms with van der Waals surface area (Å²) in [5.41, 5.74) is 7.05. The van der Waals surface area contributed by atoms with Crippen molar-refractivity contribution in [1.29, 1.82) is 0 Å². The predicted molar refractivity (Wildman–Crippen MR) is 115 cm³/mol. The summed E-state index contributed by atoms with van der Waals surface area (Å²) in [7, 11) is 0. The highest BCUT2D eigenvalue weighted by atomic mass is 16.5. The molecular weight excluding hydrogens is 384 g/mol. The molecule has 2 unspecified atom stereocenters. The molecule has 1 aliphatic heterocycles. The van der Waals surface area contributed by atoms with Crippen molar-refractivity contribution in [3.63, 3.8) is 0 Å². The standard InChI is InChI=1S/C21H28N6O3/c1-13(2)27-21-18(10-23-27)20(24-15-6-7-29-11-15)25-19(26-21)14-4-3-5-17(8-14)30-12-16(28)9-22/h3-5,8,10,13,15-16,28H,6-7,9,11-12,22H2,1-2H3,(H,24,25,26). The maximum absolute atomic E-state index is 9.65. The Morgan fingerprint density at radius 2 is 2.23 bits per heavy atom. The Labute approximate surface area is 175 Å². The molecule has 1 fully saturated rings. The third-order valence-corrected chi connectivity index (χ3v) is 5.02. The molecule has 160 valence electrons. The average Bonchev–Trinajstić information content (AvgIpc) is 3.42. The molecule has 2 atom stereocenters. The van der Waals surface area contributed by atoms with E-state index in [9.17, 15) is 5.11 Å². The molecule has 1 saturated heterocycles. The summed E-state index contributed by atoms with van der Waals surface area (Å²) >= 11 is 0. The second kappa shape index (κ2) is 8.95. The van der Waals surface area contributed by atoms with Gasteiger partial charge in [-0.25, -0.2) is 14.6 Å². The maximum atomic E-state index is 9.65.